The van der Waals surface area contributed by atoms with Crippen LogP contribution in [0.3, 0.4) is 0 Å². The summed E-state index contributed by atoms with van der Waals surface area (Å²) in [5, 5.41) is 4.41. The summed E-state index contributed by atoms with van der Waals surface area (Å²) >= 11 is 1.92. The van der Waals surface area contributed by atoms with Gasteiger partial charge in [0.15, 0.2) is 11.5 Å². The summed E-state index contributed by atoms with van der Waals surface area (Å²) in [6.07, 6.45) is 4.34. The van der Waals surface area contributed by atoms with Crippen LogP contribution < -0.4 is 0 Å². The summed E-state index contributed by atoms with van der Waals surface area (Å²) in [5.74, 6) is 1.41. The molecule has 4 rings (SSSR count). The van der Waals surface area contributed by atoms with Crippen molar-refractivity contribution in [2.45, 2.75) is 18.6 Å². The van der Waals surface area contributed by atoms with E-state index in [-0.39, 0.29) is 5.91 Å². The molecule has 0 spiro atoms. The van der Waals surface area contributed by atoms with Crippen LogP contribution >= 0.6 is 11.8 Å². The second-order valence-corrected chi connectivity index (χ2v) is 7.93. The van der Waals surface area contributed by atoms with Crippen molar-refractivity contribution in [1.29, 1.82) is 0 Å². The zero-order valence-electron chi connectivity index (χ0n) is 15.2. The quantitative estimate of drug-likeness (QED) is 0.676. The summed E-state index contributed by atoms with van der Waals surface area (Å²) < 4.78 is 5.36. The van der Waals surface area contributed by atoms with Crippen LogP contribution in [-0.2, 0) is 0 Å². The Hall–Kier alpha value is -2.60. The van der Waals surface area contributed by atoms with Gasteiger partial charge in [0.25, 0.3) is 5.91 Å². The van der Waals surface area contributed by atoms with Gasteiger partial charge in [0.1, 0.15) is 0 Å². The van der Waals surface area contributed by atoms with Crippen LogP contribution in [0.25, 0.3) is 11.3 Å². The first-order chi connectivity index (χ1) is 13.2. The molecule has 0 saturated carbocycles. The molecule has 0 bridgehead atoms. The van der Waals surface area contributed by atoms with E-state index in [2.05, 4.69) is 41.3 Å². The standard InChI is InChI=1S/C21H21N3O2S/c1-15-5-2-3-7-17(15)20-8-10-24(11-12-27-20)21(25)18-13-19(26-23-18)16-6-4-9-22-14-16/h2-7,9,13-14,20H,8,10-12H2,1H3. The molecule has 27 heavy (non-hydrogen) atoms. The van der Waals surface area contributed by atoms with Gasteiger partial charge < -0.3 is 9.42 Å². The van der Waals surface area contributed by atoms with E-state index in [0.717, 1.165) is 30.8 Å². The van der Waals surface area contributed by atoms with Crippen LogP contribution in [0.2, 0.25) is 0 Å². The lowest BCUT2D eigenvalue weighted by molar-refractivity contribution is 0.0756. The van der Waals surface area contributed by atoms with Crippen molar-refractivity contribution < 1.29 is 9.32 Å². The van der Waals surface area contributed by atoms with E-state index < -0.39 is 0 Å². The summed E-state index contributed by atoms with van der Waals surface area (Å²) in [7, 11) is 0. The van der Waals surface area contributed by atoms with Crippen molar-refractivity contribution in [2.75, 3.05) is 18.8 Å². The Morgan fingerprint density at radius 1 is 1.22 bits per heavy atom. The van der Waals surface area contributed by atoms with Gasteiger partial charge in [-0.3, -0.25) is 9.78 Å². The molecule has 1 atom stereocenters. The second-order valence-electron chi connectivity index (χ2n) is 6.61. The van der Waals surface area contributed by atoms with E-state index in [0.29, 0.717) is 16.7 Å². The Morgan fingerprint density at radius 3 is 2.93 bits per heavy atom. The Bertz CT molecular complexity index is 926. The second kappa shape index (κ2) is 7.96. The minimum absolute atomic E-state index is 0.0695. The highest BCUT2D eigenvalue weighted by molar-refractivity contribution is 7.99. The van der Waals surface area contributed by atoms with E-state index in [1.807, 2.05) is 28.8 Å². The molecule has 1 saturated heterocycles. The number of hydrogen-bond donors (Lipinski definition) is 0. The Labute approximate surface area is 162 Å². The summed E-state index contributed by atoms with van der Waals surface area (Å²) in [4.78, 5) is 18.8. The van der Waals surface area contributed by atoms with Crippen LogP contribution in [0.4, 0.5) is 0 Å². The Balaban J connectivity index is 1.46. The zero-order valence-corrected chi connectivity index (χ0v) is 16.0. The lowest BCUT2D eigenvalue weighted by atomic mass is 10.0. The largest absolute Gasteiger partial charge is 0.355 e. The van der Waals surface area contributed by atoms with Gasteiger partial charge in [-0.1, -0.05) is 29.4 Å². The Morgan fingerprint density at radius 2 is 2.11 bits per heavy atom. The normalized spacial score (nSPS) is 17.5. The number of pyridine rings is 1. The number of amides is 1. The van der Waals surface area contributed by atoms with Gasteiger partial charge in [-0.2, -0.15) is 11.8 Å². The number of carbonyl (C=O) groups excluding carboxylic acids is 1. The van der Waals surface area contributed by atoms with Gasteiger partial charge in [0.05, 0.1) is 0 Å². The molecule has 138 valence electrons. The van der Waals surface area contributed by atoms with Gasteiger partial charge in [-0.15, -0.1) is 0 Å². The number of nitrogens with zero attached hydrogens (tertiary/aromatic N) is 3. The van der Waals surface area contributed by atoms with Crippen molar-refractivity contribution in [1.82, 2.24) is 15.0 Å². The number of aromatic nitrogens is 2. The molecule has 3 heterocycles. The van der Waals surface area contributed by atoms with E-state index in [1.165, 1.54) is 11.1 Å². The maximum atomic E-state index is 12.9. The maximum Gasteiger partial charge on any atom is 0.276 e. The zero-order chi connectivity index (χ0) is 18.6. The van der Waals surface area contributed by atoms with E-state index in [1.54, 1.807) is 18.5 Å². The van der Waals surface area contributed by atoms with Crippen LogP contribution in [-0.4, -0.2) is 39.8 Å². The third kappa shape index (κ3) is 3.90. The molecule has 0 N–H and O–H groups in total. The Kier molecular flexibility index (Phi) is 5.25. The molecule has 1 amide bonds. The highest BCUT2D eigenvalue weighted by Crippen LogP contribution is 2.36. The first kappa shape index (κ1) is 17.8. The van der Waals surface area contributed by atoms with Crippen LogP contribution in [0, 0.1) is 6.92 Å². The van der Waals surface area contributed by atoms with Gasteiger partial charge >= 0.3 is 0 Å². The monoisotopic (exact) mass is 379 g/mol. The smallest absolute Gasteiger partial charge is 0.276 e. The molecule has 1 aromatic carbocycles. The lowest BCUT2D eigenvalue weighted by Gasteiger charge is -2.19. The third-order valence-electron chi connectivity index (χ3n) is 4.84. The molecule has 1 fully saturated rings. The number of hydrogen-bond acceptors (Lipinski definition) is 5. The summed E-state index contributed by atoms with van der Waals surface area (Å²) in [6.45, 7) is 3.60. The van der Waals surface area contributed by atoms with Crippen LogP contribution in [0.1, 0.15) is 33.3 Å². The van der Waals surface area contributed by atoms with Crippen molar-refractivity contribution in [2.24, 2.45) is 0 Å². The van der Waals surface area contributed by atoms with Gasteiger partial charge in [-0.05, 0) is 36.6 Å². The predicted molar refractivity (Wildman–Crippen MR) is 107 cm³/mol. The summed E-state index contributed by atoms with van der Waals surface area (Å²) in [6, 6.07) is 13.9. The number of carbonyl (C=O) groups is 1. The predicted octanol–water partition coefficient (Wildman–Crippen LogP) is 4.37. The molecule has 0 radical (unpaired) electrons. The van der Waals surface area contributed by atoms with E-state index in [4.69, 9.17) is 4.52 Å². The van der Waals surface area contributed by atoms with Gasteiger partial charge in [0.2, 0.25) is 0 Å². The maximum absolute atomic E-state index is 12.9. The van der Waals surface area contributed by atoms with Crippen LogP contribution in [0.15, 0.2) is 59.4 Å². The highest BCUT2D eigenvalue weighted by Gasteiger charge is 2.25. The first-order valence-corrected chi connectivity index (χ1v) is 10.1. The molecule has 1 aliphatic heterocycles. The fraction of sp³-hybridized carbons (Fsp3) is 0.286. The van der Waals surface area contributed by atoms with E-state index >= 15 is 0 Å². The van der Waals surface area contributed by atoms with E-state index in [9.17, 15) is 4.79 Å². The molecule has 6 heteroatoms. The van der Waals surface area contributed by atoms with Gasteiger partial charge in [-0.25, -0.2) is 0 Å². The number of benzene rings is 1. The highest BCUT2D eigenvalue weighted by atomic mass is 32.2. The third-order valence-corrected chi connectivity index (χ3v) is 6.15. The lowest BCUT2D eigenvalue weighted by Crippen LogP contribution is -2.33. The van der Waals surface area contributed by atoms with Crippen LogP contribution in [0.5, 0.6) is 0 Å². The molecule has 5 nitrogen and oxygen atoms in total. The molecule has 3 aromatic rings. The summed E-state index contributed by atoms with van der Waals surface area (Å²) in [5.41, 5.74) is 3.85. The average molecular weight is 379 g/mol. The minimum Gasteiger partial charge on any atom is -0.355 e. The molecule has 1 aliphatic rings. The molecular formula is C21H21N3O2S. The fourth-order valence-electron chi connectivity index (χ4n) is 3.35. The molecule has 1 unspecified atom stereocenters. The minimum atomic E-state index is -0.0695. The van der Waals surface area contributed by atoms with Crippen molar-refractivity contribution in [3.8, 4) is 11.3 Å². The number of thioether (sulfide) groups is 1. The first-order valence-electron chi connectivity index (χ1n) is 9.06. The molecule has 0 aliphatic carbocycles. The average Bonchev–Trinajstić information content (AvgIpc) is 3.07. The number of aryl methyl sites for hydroxylation is 1. The van der Waals surface area contributed by atoms with Crippen molar-refractivity contribution >= 4 is 17.7 Å². The number of rotatable bonds is 3. The van der Waals surface area contributed by atoms with Crippen molar-refractivity contribution in [3.63, 3.8) is 0 Å². The SMILES string of the molecule is Cc1ccccc1C1CCN(C(=O)c2cc(-c3cccnc3)on2)CCS1. The molecule has 2 aromatic heterocycles. The fourth-order valence-corrected chi connectivity index (χ4v) is 4.68. The van der Waals surface area contributed by atoms with Crippen molar-refractivity contribution in [3.05, 3.63) is 71.7 Å². The van der Waals surface area contributed by atoms with Gasteiger partial charge in [0, 0.05) is 48.1 Å². The molecular weight excluding hydrogens is 358 g/mol. The topological polar surface area (TPSA) is 59.2 Å².